The molecule has 0 amide bonds. The molecule has 2 nitrogen and oxygen atoms in total. The van der Waals surface area contributed by atoms with Gasteiger partial charge in [0.05, 0.1) is 0 Å². The van der Waals surface area contributed by atoms with Crippen molar-refractivity contribution in [3.63, 3.8) is 0 Å². The van der Waals surface area contributed by atoms with Crippen molar-refractivity contribution < 1.29 is 0 Å². The minimum Gasteiger partial charge on any atom is -0.270 e. The molecule has 1 aromatic rings. The highest BCUT2D eigenvalue weighted by Crippen LogP contribution is 2.20. The fraction of sp³-hybridized carbons (Fsp3) is 0.200. The van der Waals surface area contributed by atoms with Crippen LogP contribution in [0.5, 0.6) is 0 Å². The third kappa shape index (κ3) is 2.22. The minimum absolute atomic E-state index is 0.279. The van der Waals surface area contributed by atoms with Gasteiger partial charge in [0.1, 0.15) is 6.04 Å². The van der Waals surface area contributed by atoms with Crippen molar-refractivity contribution in [2.24, 2.45) is 5.84 Å². The van der Waals surface area contributed by atoms with Gasteiger partial charge in [-0.05, 0) is 30.2 Å². The van der Waals surface area contributed by atoms with Crippen molar-refractivity contribution in [1.82, 2.24) is 5.43 Å². The highest BCUT2D eigenvalue weighted by molar-refractivity contribution is 6.30. The van der Waals surface area contributed by atoms with E-state index in [0.717, 1.165) is 11.1 Å². The van der Waals surface area contributed by atoms with E-state index in [1.807, 2.05) is 25.1 Å². The standard InChI is InChI=1S/C10H11ClN2/c1-3-10(13-12)9-6-8(11)5-4-7(9)2/h1,4-6,10,13H,12H2,2H3. The van der Waals surface area contributed by atoms with Gasteiger partial charge in [-0.15, -0.1) is 6.42 Å². The zero-order valence-corrected chi connectivity index (χ0v) is 8.10. The Morgan fingerprint density at radius 1 is 1.62 bits per heavy atom. The molecule has 1 unspecified atom stereocenters. The van der Waals surface area contributed by atoms with Gasteiger partial charge in [0.25, 0.3) is 0 Å². The molecule has 0 aromatic heterocycles. The third-order valence-corrected chi connectivity index (χ3v) is 2.12. The van der Waals surface area contributed by atoms with Crippen LogP contribution in [-0.4, -0.2) is 0 Å². The first-order valence-electron chi connectivity index (χ1n) is 3.87. The molecule has 13 heavy (non-hydrogen) atoms. The van der Waals surface area contributed by atoms with Gasteiger partial charge in [-0.1, -0.05) is 23.6 Å². The second-order valence-corrected chi connectivity index (χ2v) is 3.20. The van der Waals surface area contributed by atoms with E-state index in [4.69, 9.17) is 23.9 Å². The molecule has 0 aliphatic rings. The van der Waals surface area contributed by atoms with Crippen LogP contribution in [0.25, 0.3) is 0 Å². The maximum absolute atomic E-state index is 5.84. The minimum atomic E-state index is -0.279. The van der Waals surface area contributed by atoms with Gasteiger partial charge in [0.15, 0.2) is 0 Å². The van der Waals surface area contributed by atoms with Crippen LogP contribution in [0, 0.1) is 19.3 Å². The summed E-state index contributed by atoms with van der Waals surface area (Å²) in [6.45, 7) is 1.97. The highest BCUT2D eigenvalue weighted by Gasteiger charge is 2.08. The van der Waals surface area contributed by atoms with E-state index < -0.39 is 0 Å². The topological polar surface area (TPSA) is 38.0 Å². The van der Waals surface area contributed by atoms with Crippen LogP contribution >= 0.6 is 11.6 Å². The van der Waals surface area contributed by atoms with E-state index in [1.54, 1.807) is 0 Å². The molecule has 0 fully saturated rings. The summed E-state index contributed by atoms with van der Waals surface area (Å²) in [5.74, 6) is 7.84. The van der Waals surface area contributed by atoms with E-state index in [9.17, 15) is 0 Å². The van der Waals surface area contributed by atoms with E-state index in [1.165, 1.54) is 0 Å². The lowest BCUT2D eigenvalue weighted by atomic mass is 10.0. The molecule has 3 N–H and O–H groups in total. The van der Waals surface area contributed by atoms with Crippen LogP contribution in [0.3, 0.4) is 0 Å². The molecule has 1 atom stereocenters. The number of hydrogen-bond donors (Lipinski definition) is 2. The van der Waals surface area contributed by atoms with E-state index in [0.29, 0.717) is 5.02 Å². The number of hydrogen-bond acceptors (Lipinski definition) is 2. The zero-order chi connectivity index (χ0) is 9.84. The average molecular weight is 195 g/mol. The number of rotatable bonds is 2. The fourth-order valence-corrected chi connectivity index (χ4v) is 1.33. The Morgan fingerprint density at radius 2 is 2.31 bits per heavy atom. The molecule has 0 bridgehead atoms. The normalized spacial score (nSPS) is 12.2. The molecule has 3 heteroatoms. The van der Waals surface area contributed by atoms with Gasteiger partial charge in [-0.3, -0.25) is 5.84 Å². The molecule has 0 saturated heterocycles. The Kier molecular flexibility index (Phi) is 3.32. The average Bonchev–Trinajstić information content (AvgIpc) is 2.13. The Balaban J connectivity index is 3.13. The van der Waals surface area contributed by atoms with Crippen LogP contribution in [-0.2, 0) is 0 Å². The first-order valence-corrected chi connectivity index (χ1v) is 4.25. The second-order valence-electron chi connectivity index (χ2n) is 2.77. The summed E-state index contributed by atoms with van der Waals surface area (Å²) in [6, 6.07) is 5.28. The SMILES string of the molecule is C#CC(NN)c1cc(Cl)ccc1C. The molecule has 1 aromatic carbocycles. The lowest BCUT2D eigenvalue weighted by Crippen LogP contribution is -2.27. The second kappa shape index (κ2) is 4.29. The number of aryl methyl sites for hydroxylation is 1. The number of nitrogens with one attached hydrogen (secondary N) is 1. The van der Waals surface area contributed by atoms with Gasteiger partial charge >= 0.3 is 0 Å². The van der Waals surface area contributed by atoms with Gasteiger partial charge in [-0.2, -0.15) is 0 Å². The molecule has 0 heterocycles. The fourth-order valence-electron chi connectivity index (χ4n) is 1.15. The summed E-state index contributed by atoms with van der Waals surface area (Å²) in [4.78, 5) is 0. The van der Waals surface area contributed by atoms with Crippen LogP contribution in [0.4, 0.5) is 0 Å². The molecule has 0 saturated carbocycles. The van der Waals surface area contributed by atoms with Crippen molar-refractivity contribution in [3.05, 3.63) is 34.3 Å². The summed E-state index contributed by atoms with van der Waals surface area (Å²) in [5.41, 5.74) is 4.56. The van der Waals surface area contributed by atoms with Crippen LogP contribution in [0.15, 0.2) is 18.2 Å². The summed E-state index contributed by atoms with van der Waals surface area (Å²) in [7, 11) is 0. The first-order chi connectivity index (χ1) is 6.19. The first kappa shape index (κ1) is 10.1. The largest absolute Gasteiger partial charge is 0.270 e. The maximum Gasteiger partial charge on any atom is 0.107 e. The van der Waals surface area contributed by atoms with Gasteiger partial charge in [-0.25, -0.2) is 5.43 Å². The Morgan fingerprint density at radius 3 is 2.85 bits per heavy atom. The van der Waals surface area contributed by atoms with Crippen molar-refractivity contribution >= 4 is 11.6 Å². The smallest absolute Gasteiger partial charge is 0.107 e. The highest BCUT2D eigenvalue weighted by atomic mass is 35.5. The molecule has 68 valence electrons. The molecule has 0 spiro atoms. The van der Waals surface area contributed by atoms with Crippen molar-refractivity contribution in [1.29, 1.82) is 0 Å². The Hall–Kier alpha value is -1.01. The molecule has 0 radical (unpaired) electrons. The third-order valence-electron chi connectivity index (χ3n) is 1.89. The summed E-state index contributed by atoms with van der Waals surface area (Å²) >= 11 is 5.84. The van der Waals surface area contributed by atoms with Gasteiger partial charge < -0.3 is 0 Å². The number of benzene rings is 1. The van der Waals surface area contributed by atoms with Gasteiger partial charge in [0, 0.05) is 5.02 Å². The van der Waals surface area contributed by atoms with Crippen molar-refractivity contribution in [2.75, 3.05) is 0 Å². The van der Waals surface area contributed by atoms with E-state index >= 15 is 0 Å². The predicted molar refractivity (Wildman–Crippen MR) is 55.1 cm³/mol. The summed E-state index contributed by atoms with van der Waals surface area (Å²) < 4.78 is 0. The molecule has 0 aliphatic carbocycles. The number of halogens is 1. The Labute approximate surface area is 83.1 Å². The lowest BCUT2D eigenvalue weighted by molar-refractivity contribution is 0.670. The van der Waals surface area contributed by atoms with E-state index in [2.05, 4.69) is 11.3 Å². The number of nitrogens with two attached hydrogens (primary N) is 1. The Bertz CT molecular complexity index is 341. The predicted octanol–water partition coefficient (Wildman–Crippen LogP) is 1.79. The van der Waals surface area contributed by atoms with Crippen molar-refractivity contribution in [2.45, 2.75) is 13.0 Å². The van der Waals surface area contributed by atoms with E-state index in [-0.39, 0.29) is 6.04 Å². The molecular formula is C10H11ClN2. The van der Waals surface area contributed by atoms with Crippen LogP contribution < -0.4 is 11.3 Å². The van der Waals surface area contributed by atoms with Crippen LogP contribution in [0.2, 0.25) is 5.02 Å². The molecular weight excluding hydrogens is 184 g/mol. The zero-order valence-electron chi connectivity index (χ0n) is 7.34. The summed E-state index contributed by atoms with van der Waals surface area (Å²) in [6.07, 6.45) is 5.30. The number of terminal acetylenes is 1. The monoisotopic (exact) mass is 194 g/mol. The number of hydrazine groups is 1. The molecule has 1 rings (SSSR count). The quantitative estimate of drug-likeness (QED) is 0.428. The van der Waals surface area contributed by atoms with Gasteiger partial charge in [0.2, 0.25) is 0 Å². The maximum atomic E-state index is 5.84. The molecule has 0 aliphatic heterocycles. The van der Waals surface area contributed by atoms with Crippen molar-refractivity contribution in [3.8, 4) is 12.3 Å². The summed E-state index contributed by atoms with van der Waals surface area (Å²) in [5, 5.41) is 0.663. The lowest BCUT2D eigenvalue weighted by Gasteiger charge is -2.12. The van der Waals surface area contributed by atoms with Crippen LogP contribution in [0.1, 0.15) is 17.2 Å².